The van der Waals surface area contributed by atoms with Crippen molar-refractivity contribution in [3.63, 3.8) is 0 Å². The van der Waals surface area contributed by atoms with Crippen molar-refractivity contribution < 1.29 is 12.8 Å². The van der Waals surface area contributed by atoms with Gasteiger partial charge in [-0.3, -0.25) is 0 Å². The van der Waals surface area contributed by atoms with Crippen molar-refractivity contribution in [2.75, 3.05) is 25.5 Å². The van der Waals surface area contributed by atoms with Crippen molar-refractivity contribution in [3.8, 4) is 0 Å². The van der Waals surface area contributed by atoms with E-state index in [4.69, 9.17) is 4.42 Å². The molecule has 0 atom stereocenters. The van der Waals surface area contributed by atoms with E-state index in [0.29, 0.717) is 23.7 Å². The van der Waals surface area contributed by atoms with Gasteiger partial charge < -0.3 is 9.32 Å². The van der Waals surface area contributed by atoms with Crippen LogP contribution in [-0.4, -0.2) is 39.0 Å². The summed E-state index contributed by atoms with van der Waals surface area (Å²) in [7, 11) is 0.0813. The normalized spacial score (nSPS) is 11.8. The molecule has 2 aromatic heterocycles. The van der Waals surface area contributed by atoms with Crippen molar-refractivity contribution in [1.29, 1.82) is 0 Å². The predicted octanol–water partition coefficient (Wildman–Crippen LogP) is 1.81. The van der Waals surface area contributed by atoms with Crippen LogP contribution in [0, 0.1) is 0 Å². The van der Waals surface area contributed by atoms with Crippen LogP contribution in [0.15, 0.2) is 51.9 Å². The molecule has 8 heteroatoms. The minimum Gasteiger partial charge on any atom is -0.441 e. The van der Waals surface area contributed by atoms with E-state index in [2.05, 4.69) is 14.7 Å². The lowest BCUT2D eigenvalue weighted by atomic mass is 10.3. The van der Waals surface area contributed by atoms with Crippen LogP contribution in [0.3, 0.4) is 0 Å². The molecule has 3 rings (SSSR count). The standard InChI is InChI=1S/C16H18N4O3S/c1-20(2)15-8-7-12(11-17-15)24(21,22)18-10-9-16-19-13-5-3-4-6-14(13)23-16/h3-8,11,18H,9-10H2,1-2H3. The number of nitrogens with zero attached hydrogens (tertiary/aromatic N) is 3. The van der Waals surface area contributed by atoms with Gasteiger partial charge in [0.05, 0.1) is 0 Å². The Balaban J connectivity index is 1.64. The number of benzene rings is 1. The molecule has 1 N–H and O–H groups in total. The summed E-state index contributed by atoms with van der Waals surface area (Å²) in [6, 6.07) is 10.6. The smallest absolute Gasteiger partial charge is 0.242 e. The number of rotatable bonds is 6. The first-order valence-electron chi connectivity index (χ1n) is 7.43. The lowest BCUT2D eigenvalue weighted by Crippen LogP contribution is -2.26. The molecule has 0 aliphatic heterocycles. The van der Waals surface area contributed by atoms with Gasteiger partial charge in [0.25, 0.3) is 0 Å². The maximum absolute atomic E-state index is 12.3. The SMILES string of the molecule is CN(C)c1ccc(S(=O)(=O)NCCc2nc3ccccc3o2)cn1. The zero-order chi connectivity index (χ0) is 17.2. The number of oxazole rings is 1. The third-order valence-electron chi connectivity index (χ3n) is 3.46. The molecule has 0 aliphatic carbocycles. The molecule has 0 amide bonds. The summed E-state index contributed by atoms with van der Waals surface area (Å²) in [6.45, 7) is 0.199. The summed E-state index contributed by atoms with van der Waals surface area (Å²) < 4.78 is 32.6. The van der Waals surface area contributed by atoms with Gasteiger partial charge in [-0.1, -0.05) is 12.1 Å². The van der Waals surface area contributed by atoms with Gasteiger partial charge in [0.15, 0.2) is 11.5 Å². The van der Waals surface area contributed by atoms with Crippen LogP contribution in [0.1, 0.15) is 5.89 Å². The van der Waals surface area contributed by atoms with Gasteiger partial charge >= 0.3 is 0 Å². The summed E-state index contributed by atoms with van der Waals surface area (Å²) in [5.74, 6) is 1.19. The van der Waals surface area contributed by atoms with Crippen LogP contribution in [0.25, 0.3) is 11.1 Å². The average molecular weight is 346 g/mol. The molecular formula is C16H18N4O3S. The van der Waals surface area contributed by atoms with Crippen LogP contribution in [-0.2, 0) is 16.4 Å². The zero-order valence-corrected chi connectivity index (χ0v) is 14.2. The second kappa shape index (κ2) is 6.58. The topological polar surface area (TPSA) is 88.3 Å². The second-order valence-electron chi connectivity index (χ2n) is 5.47. The zero-order valence-electron chi connectivity index (χ0n) is 13.4. The van der Waals surface area contributed by atoms with E-state index < -0.39 is 10.0 Å². The summed E-state index contributed by atoms with van der Waals surface area (Å²) in [6.07, 6.45) is 1.72. The first-order chi connectivity index (χ1) is 11.5. The quantitative estimate of drug-likeness (QED) is 0.732. The number of hydrogen-bond donors (Lipinski definition) is 1. The van der Waals surface area contributed by atoms with Gasteiger partial charge in [0.2, 0.25) is 10.0 Å². The van der Waals surface area contributed by atoms with E-state index in [0.717, 1.165) is 5.52 Å². The van der Waals surface area contributed by atoms with E-state index in [1.165, 1.54) is 12.3 Å². The van der Waals surface area contributed by atoms with Crippen molar-refractivity contribution in [3.05, 3.63) is 48.5 Å². The minimum atomic E-state index is -3.60. The number of hydrogen-bond acceptors (Lipinski definition) is 6. The van der Waals surface area contributed by atoms with Gasteiger partial charge in [-0.25, -0.2) is 23.1 Å². The number of anilines is 1. The molecule has 0 radical (unpaired) electrons. The Morgan fingerprint density at radius 1 is 1.17 bits per heavy atom. The number of para-hydroxylation sites is 2. The van der Waals surface area contributed by atoms with Crippen molar-refractivity contribution in [1.82, 2.24) is 14.7 Å². The average Bonchev–Trinajstić information content (AvgIpc) is 2.97. The molecule has 24 heavy (non-hydrogen) atoms. The van der Waals surface area contributed by atoms with Crippen LogP contribution >= 0.6 is 0 Å². The first kappa shape index (κ1) is 16.4. The Hall–Kier alpha value is -2.45. The van der Waals surface area contributed by atoms with Gasteiger partial charge in [0, 0.05) is 33.3 Å². The molecule has 0 unspecified atom stereocenters. The Morgan fingerprint density at radius 2 is 1.96 bits per heavy atom. The predicted molar refractivity (Wildman–Crippen MR) is 91.5 cm³/mol. The van der Waals surface area contributed by atoms with Gasteiger partial charge in [0.1, 0.15) is 16.2 Å². The third kappa shape index (κ3) is 3.55. The van der Waals surface area contributed by atoms with Crippen molar-refractivity contribution >= 4 is 26.9 Å². The van der Waals surface area contributed by atoms with Crippen LogP contribution in [0.5, 0.6) is 0 Å². The van der Waals surface area contributed by atoms with Crippen molar-refractivity contribution in [2.24, 2.45) is 0 Å². The van der Waals surface area contributed by atoms with Crippen molar-refractivity contribution in [2.45, 2.75) is 11.3 Å². The highest BCUT2D eigenvalue weighted by molar-refractivity contribution is 7.89. The maximum Gasteiger partial charge on any atom is 0.242 e. The summed E-state index contributed by atoms with van der Waals surface area (Å²) >= 11 is 0. The van der Waals surface area contributed by atoms with E-state index in [9.17, 15) is 8.42 Å². The minimum absolute atomic E-state index is 0.130. The van der Waals surface area contributed by atoms with Gasteiger partial charge in [-0.15, -0.1) is 0 Å². The summed E-state index contributed by atoms with van der Waals surface area (Å²) in [5.41, 5.74) is 1.46. The number of pyridine rings is 1. The lowest BCUT2D eigenvalue weighted by Gasteiger charge is -2.11. The highest BCUT2D eigenvalue weighted by atomic mass is 32.2. The molecule has 2 heterocycles. The Bertz CT molecular complexity index is 900. The first-order valence-corrected chi connectivity index (χ1v) is 8.91. The Kier molecular flexibility index (Phi) is 4.50. The number of nitrogens with one attached hydrogen (secondary N) is 1. The highest BCUT2D eigenvalue weighted by Crippen LogP contribution is 2.15. The highest BCUT2D eigenvalue weighted by Gasteiger charge is 2.15. The molecule has 3 aromatic rings. The fraction of sp³-hybridized carbons (Fsp3) is 0.250. The molecule has 7 nitrogen and oxygen atoms in total. The number of fused-ring (bicyclic) bond motifs is 1. The summed E-state index contributed by atoms with van der Waals surface area (Å²) in [5, 5.41) is 0. The van der Waals surface area contributed by atoms with Crippen LogP contribution in [0.2, 0.25) is 0 Å². The molecule has 0 bridgehead atoms. The molecule has 0 spiro atoms. The monoisotopic (exact) mass is 346 g/mol. The molecule has 126 valence electrons. The summed E-state index contributed by atoms with van der Waals surface area (Å²) in [4.78, 5) is 10.4. The van der Waals surface area contributed by atoms with Crippen LogP contribution < -0.4 is 9.62 Å². The second-order valence-corrected chi connectivity index (χ2v) is 7.24. The Labute approximate surface area is 140 Å². The molecule has 0 aliphatic rings. The maximum atomic E-state index is 12.3. The van der Waals surface area contributed by atoms with Crippen LogP contribution in [0.4, 0.5) is 5.82 Å². The molecular weight excluding hydrogens is 328 g/mol. The molecule has 0 saturated carbocycles. The van der Waals surface area contributed by atoms with Gasteiger partial charge in [-0.2, -0.15) is 0 Å². The fourth-order valence-electron chi connectivity index (χ4n) is 2.20. The fourth-order valence-corrected chi connectivity index (χ4v) is 3.17. The molecule has 0 fully saturated rings. The van der Waals surface area contributed by atoms with Gasteiger partial charge in [-0.05, 0) is 24.3 Å². The molecule has 1 aromatic carbocycles. The largest absolute Gasteiger partial charge is 0.441 e. The Morgan fingerprint density at radius 3 is 2.62 bits per heavy atom. The third-order valence-corrected chi connectivity index (χ3v) is 4.90. The van der Waals surface area contributed by atoms with E-state index in [1.54, 1.807) is 11.0 Å². The number of sulfonamides is 1. The number of aromatic nitrogens is 2. The van der Waals surface area contributed by atoms with E-state index in [1.807, 2.05) is 38.4 Å². The van der Waals surface area contributed by atoms with E-state index in [-0.39, 0.29) is 11.4 Å². The molecule has 0 saturated heterocycles. The van der Waals surface area contributed by atoms with E-state index >= 15 is 0 Å². The lowest BCUT2D eigenvalue weighted by molar-refractivity contribution is 0.523.